The monoisotopic (exact) mass is 470 g/mol. The largest absolute Gasteiger partial charge is 0.462 e. The zero-order valence-electron chi connectivity index (χ0n) is 21.7. The zero-order chi connectivity index (χ0) is 24.6. The first kappa shape index (κ1) is 31.4. The number of hydrogen-bond donors (Lipinski definition) is 0. The minimum absolute atomic E-state index is 0.0777. The molecular weight excluding hydrogens is 420 g/mol. The number of unbranched alkanes of at least 4 members (excludes halogenated alkanes) is 14. The Bertz CT molecular complexity index is 491. The third kappa shape index (κ3) is 23.4. The van der Waals surface area contributed by atoms with Gasteiger partial charge in [-0.05, 0) is 12.8 Å². The lowest BCUT2D eigenvalue weighted by atomic mass is 10.1. The third-order valence-corrected chi connectivity index (χ3v) is 5.67. The fourth-order valence-electron chi connectivity index (χ4n) is 3.64. The van der Waals surface area contributed by atoms with E-state index in [1.165, 1.54) is 64.7 Å². The average Bonchev–Trinajstić information content (AvgIpc) is 2.79. The minimum Gasteiger partial charge on any atom is -0.462 e. The number of carbonyl (C=O) groups is 3. The van der Waals surface area contributed by atoms with Gasteiger partial charge in [-0.3, -0.25) is 14.4 Å². The van der Waals surface area contributed by atoms with Crippen molar-refractivity contribution in [1.82, 2.24) is 0 Å². The third-order valence-electron chi connectivity index (χ3n) is 5.67. The maximum Gasteiger partial charge on any atom is 0.306 e. The van der Waals surface area contributed by atoms with Gasteiger partial charge in [0.2, 0.25) is 0 Å². The van der Waals surface area contributed by atoms with E-state index in [0.29, 0.717) is 12.8 Å². The Labute approximate surface area is 202 Å². The Morgan fingerprint density at radius 3 is 1.39 bits per heavy atom. The van der Waals surface area contributed by atoms with E-state index in [1.54, 1.807) is 0 Å². The van der Waals surface area contributed by atoms with Crippen molar-refractivity contribution in [2.75, 3.05) is 13.2 Å². The summed E-state index contributed by atoms with van der Waals surface area (Å²) in [6, 6.07) is 0. The Morgan fingerprint density at radius 2 is 0.939 bits per heavy atom. The van der Waals surface area contributed by atoms with Crippen LogP contribution in [0.5, 0.6) is 0 Å². The Balaban J connectivity index is 3.92. The summed E-state index contributed by atoms with van der Waals surface area (Å²) in [6.07, 6.45) is 18.6. The highest BCUT2D eigenvalue weighted by molar-refractivity contribution is 5.70. The van der Waals surface area contributed by atoms with Crippen molar-refractivity contribution in [3.05, 3.63) is 0 Å². The molecule has 0 heterocycles. The SMILES string of the molecule is CCCCCCCCCCCCCC(=O)OC[C@@H](COC(C)=O)OC(=O)CCCCCCC. The van der Waals surface area contributed by atoms with Gasteiger partial charge in [-0.25, -0.2) is 0 Å². The quantitative estimate of drug-likeness (QED) is 0.0903. The Kier molecular flexibility index (Phi) is 22.4. The molecule has 0 amide bonds. The number of hydrogen-bond acceptors (Lipinski definition) is 6. The fourth-order valence-corrected chi connectivity index (χ4v) is 3.64. The Morgan fingerprint density at radius 1 is 0.545 bits per heavy atom. The van der Waals surface area contributed by atoms with E-state index in [0.717, 1.165) is 44.9 Å². The molecule has 6 heteroatoms. The van der Waals surface area contributed by atoms with Crippen LogP contribution < -0.4 is 0 Å². The molecule has 0 fully saturated rings. The predicted molar refractivity (Wildman–Crippen MR) is 132 cm³/mol. The second kappa shape index (κ2) is 23.6. The number of esters is 3. The van der Waals surface area contributed by atoms with Crippen LogP contribution in [0.4, 0.5) is 0 Å². The van der Waals surface area contributed by atoms with Gasteiger partial charge in [-0.1, -0.05) is 104 Å². The lowest BCUT2D eigenvalue weighted by Gasteiger charge is -2.17. The van der Waals surface area contributed by atoms with Gasteiger partial charge in [-0.15, -0.1) is 0 Å². The van der Waals surface area contributed by atoms with E-state index >= 15 is 0 Å². The summed E-state index contributed by atoms with van der Waals surface area (Å²) in [5.41, 5.74) is 0. The molecule has 0 saturated carbocycles. The first-order chi connectivity index (χ1) is 16.0. The zero-order valence-corrected chi connectivity index (χ0v) is 21.7. The summed E-state index contributed by atoms with van der Waals surface area (Å²) in [5.74, 6) is -1.10. The topological polar surface area (TPSA) is 78.9 Å². The summed E-state index contributed by atoms with van der Waals surface area (Å²) in [4.78, 5) is 35.2. The van der Waals surface area contributed by atoms with E-state index in [2.05, 4.69) is 13.8 Å². The molecule has 0 unspecified atom stereocenters. The molecule has 6 nitrogen and oxygen atoms in total. The molecular formula is C27H50O6. The lowest BCUT2D eigenvalue weighted by molar-refractivity contribution is -0.166. The molecule has 0 aromatic heterocycles. The van der Waals surface area contributed by atoms with Crippen molar-refractivity contribution in [2.24, 2.45) is 0 Å². The van der Waals surface area contributed by atoms with Crippen LogP contribution in [0.15, 0.2) is 0 Å². The molecule has 0 saturated heterocycles. The summed E-state index contributed by atoms with van der Waals surface area (Å²) in [7, 11) is 0. The van der Waals surface area contributed by atoms with Crippen LogP contribution in [0.2, 0.25) is 0 Å². The normalized spacial score (nSPS) is 11.7. The summed E-state index contributed by atoms with van der Waals surface area (Å²) in [5, 5.41) is 0. The summed E-state index contributed by atoms with van der Waals surface area (Å²) >= 11 is 0. The molecule has 0 spiro atoms. The van der Waals surface area contributed by atoms with E-state index in [-0.39, 0.29) is 25.2 Å². The maximum atomic E-state index is 12.1. The van der Waals surface area contributed by atoms with Crippen molar-refractivity contribution in [3.63, 3.8) is 0 Å². The predicted octanol–water partition coefficient (Wildman–Crippen LogP) is 7.07. The van der Waals surface area contributed by atoms with Crippen molar-refractivity contribution in [1.29, 1.82) is 0 Å². The molecule has 194 valence electrons. The molecule has 1 atom stereocenters. The van der Waals surface area contributed by atoms with Crippen LogP contribution in [0.25, 0.3) is 0 Å². The van der Waals surface area contributed by atoms with Crippen LogP contribution in [0.1, 0.15) is 136 Å². The molecule has 0 aliphatic heterocycles. The van der Waals surface area contributed by atoms with Gasteiger partial charge < -0.3 is 14.2 Å². The van der Waals surface area contributed by atoms with Gasteiger partial charge in [0.25, 0.3) is 0 Å². The highest BCUT2D eigenvalue weighted by Crippen LogP contribution is 2.12. The lowest BCUT2D eigenvalue weighted by Crippen LogP contribution is -2.30. The number of carbonyl (C=O) groups excluding carboxylic acids is 3. The van der Waals surface area contributed by atoms with Crippen molar-refractivity contribution in [2.45, 2.75) is 142 Å². The molecule has 0 aliphatic carbocycles. The number of rotatable bonds is 23. The molecule has 0 bridgehead atoms. The van der Waals surface area contributed by atoms with Crippen molar-refractivity contribution in [3.8, 4) is 0 Å². The molecule has 0 radical (unpaired) electrons. The van der Waals surface area contributed by atoms with Crippen LogP contribution in [0.3, 0.4) is 0 Å². The van der Waals surface area contributed by atoms with Gasteiger partial charge in [0, 0.05) is 19.8 Å². The highest BCUT2D eigenvalue weighted by atomic mass is 16.6. The molecule has 0 rings (SSSR count). The van der Waals surface area contributed by atoms with Crippen LogP contribution in [-0.2, 0) is 28.6 Å². The van der Waals surface area contributed by atoms with Gasteiger partial charge in [-0.2, -0.15) is 0 Å². The van der Waals surface area contributed by atoms with E-state index in [1.807, 2.05) is 0 Å². The molecule has 0 aromatic carbocycles. The van der Waals surface area contributed by atoms with Crippen molar-refractivity contribution >= 4 is 17.9 Å². The van der Waals surface area contributed by atoms with Gasteiger partial charge >= 0.3 is 17.9 Å². The van der Waals surface area contributed by atoms with E-state index < -0.39 is 12.1 Å². The fraction of sp³-hybridized carbons (Fsp3) is 0.889. The molecule has 0 N–H and O–H groups in total. The standard InChI is InChI=1S/C27H50O6/c1-4-6-8-10-11-12-13-14-15-17-18-20-26(29)32-23-25(22-31-24(3)28)33-27(30)21-19-16-9-7-5-2/h25H,4-23H2,1-3H3/t25-/m1/s1. The van der Waals surface area contributed by atoms with Gasteiger partial charge in [0.05, 0.1) is 0 Å². The summed E-state index contributed by atoms with van der Waals surface area (Å²) < 4.78 is 15.6. The van der Waals surface area contributed by atoms with Gasteiger partial charge in [0.15, 0.2) is 6.10 Å². The second-order valence-electron chi connectivity index (χ2n) is 9.05. The highest BCUT2D eigenvalue weighted by Gasteiger charge is 2.18. The van der Waals surface area contributed by atoms with E-state index in [9.17, 15) is 14.4 Å². The average molecular weight is 471 g/mol. The smallest absolute Gasteiger partial charge is 0.306 e. The van der Waals surface area contributed by atoms with Crippen LogP contribution in [-0.4, -0.2) is 37.2 Å². The van der Waals surface area contributed by atoms with Gasteiger partial charge in [0.1, 0.15) is 13.2 Å². The second-order valence-corrected chi connectivity index (χ2v) is 9.05. The summed E-state index contributed by atoms with van der Waals surface area (Å²) in [6.45, 7) is 5.51. The molecule has 0 aromatic rings. The first-order valence-electron chi connectivity index (χ1n) is 13.5. The minimum atomic E-state index is -0.752. The molecule has 33 heavy (non-hydrogen) atoms. The first-order valence-corrected chi connectivity index (χ1v) is 13.5. The molecule has 0 aliphatic rings. The van der Waals surface area contributed by atoms with E-state index in [4.69, 9.17) is 14.2 Å². The number of ether oxygens (including phenoxy) is 3. The van der Waals surface area contributed by atoms with Crippen molar-refractivity contribution < 1.29 is 28.6 Å². The van der Waals surface area contributed by atoms with Crippen LogP contribution in [0, 0.1) is 0 Å². The Hall–Kier alpha value is -1.59. The van der Waals surface area contributed by atoms with Crippen LogP contribution >= 0.6 is 0 Å². The maximum absolute atomic E-state index is 12.1.